The summed E-state index contributed by atoms with van der Waals surface area (Å²) in [5, 5.41) is 5.58. The highest BCUT2D eigenvalue weighted by atomic mass is 32.2. The Morgan fingerprint density at radius 1 is 2.00 bits per heavy atom. The molecule has 7 heavy (non-hydrogen) atoms. The van der Waals surface area contributed by atoms with E-state index in [1.165, 1.54) is 11.8 Å². The Morgan fingerprint density at radius 3 is 2.86 bits per heavy atom. The van der Waals surface area contributed by atoms with Gasteiger partial charge in [0.25, 0.3) is 0 Å². The molecule has 1 aliphatic rings. The summed E-state index contributed by atoms with van der Waals surface area (Å²) in [5.41, 5.74) is 7.22. The van der Waals surface area contributed by atoms with Crippen molar-refractivity contribution in [2.45, 2.75) is 5.50 Å². The van der Waals surface area contributed by atoms with E-state index in [1.807, 2.05) is 7.05 Å². The van der Waals surface area contributed by atoms with Gasteiger partial charge in [-0.3, -0.25) is 5.01 Å². The topological polar surface area (TPSA) is 41.6 Å². The Hall–Kier alpha value is -0.220. The Kier molecular flexibility index (Phi) is 1.21. The van der Waals surface area contributed by atoms with Crippen LogP contribution < -0.4 is 5.73 Å². The van der Waals surface area contributed by atoms with Gasteiger partial charge in [0.15, 0.2) is 0 Å². The van der Waals surface area contributed by atoms with Crippen LogP contribution in [0, 0.1) is 0 Å². The third-order valence-electron chi connectivity index (χ3n) is 0.798. The monoisotopic (exact) mass is 117 g/mol. The molecule has 0 amide bonds. The number of hydrogen-bond donors (Lipinski definition) is 1. The second-order valence-electron chi connectivity index (χ2n) is 1.32. The number of hydrogen-bond acceptors (Lipinski definition) is 4. The highest BCUT2D eigenvalue weighted by molar-refractivity contribution is 8.12. The maximum Gasteiger partial charge on any atom is 0.146 e. The average Bonchev–Trinajstić information content (AvgIpc) is 1.91. The second kappa shape index (κ2) is 1.71. The van der Waals surface area contributed by atoms with Crippen molar-refractivity contribution < 1.29 is 0 Å². The molecular formula is C3H7N3S. The highest BCUT2D eigenvalue weighted by Gasteiger charge is 2.09. The number of nitrogens with two attached hydrogens (primary N) is 1. The van der Waals surface area contributed by atoms with Crippen LogP contribution in [0.4, 0.5) is 0 Å². The molecule has 0 saturated carbocycles. The lowest BCUT2D eigenvalue weighted by atomic mass is 11.0. The van der Waals surface area contributed by atoms with Gasteiger partial charge in [0.2, 0.25) is 0 Å². The molecule has 0 fully saturated rings. The molecule has 0 aliphatic carbocycles. The normalized spacial score (nSPS) is 29.4. The summed E-state index contributed by atoms with van der Waals surface area (Å²) >= 11 is 1.52. The zero-order valence-corrected chi connectivity index (χ0v) is 4.85. The number of rotatable bonds is 0. The molecule has 0 bridgehead atoms. The van der Waals surface area contributed by atoms with Crippen LogP contribution in [0.3, 0.4) is 0 Å². The molecule has 3 nitrogen and oxygen atoms in total. The molecule has 0 aromatic heterocycles. The van der Waals surface area contributed by atoms with Crippen molar-refractivity contribution in [1.82, 2.24) is 5.01 Å². The summed E-state index contributed by atoms with van der Waals surface area (Å²) in [6, 6.07) is 0. The number of thioether (sulfide) groups is 1. The Balaban J connectivity index is 2.45. The predicted molar refractivity (Wildman–Crippen MR) is 31.8 cm³/mol. The Bertz CT molecular complexity index is 92.2. The van der Waals surface area contributed by atoms with Gasteiger partial charge in [-0.1, -0.05) is 11.8 Å². The van der Waals surface area contributed by atoms with Gasteiger partial charge in [0, 0.05) is 7.05 Å². The first-order valence-electron chi connectivity index (χ1n) is 1.97. The maximum atomic E-state index is 5.44. The first-order chi connectivity index (χ1) is 3.30. The van der Waals surface area contributed by atoms with Crippen LogP contribution in [0.25, 0.3) is 0 Å². The SMILES string of the molecule is CN1N=CSC1N. The molecule has 0 radical (unpaired) electrons. The van der Waals surface area contributed by atoms with Gasteiger partial charge in [-0.2, -0.15) is 5.10 Å². The van der Waals surface area contributed by atoms with Crippen LogP contribution in [0.1, 0.15) is 0 Å². The lowest BCUT2D eigenvalue weighted by Crippen LogP contribution is -2.28. The molecule has 1 aliphatic heterocycles. The van der Waals surface area contributed by atoms with E-state index in [4.69, 9.17) is 5.73 Å². The van der Waals surface area contributed by atoms with Gasteiger partial charge in [0.1, 0.15) is 5.50 Å². The van der Waals surface area contributed by atoms with E-state index in [1.54, 1.807) is 10.6 Å². The molecule has 2 N–H and O–H groups in total. The minimum atomic E-state index is 0.0417. The molecule has 0 aromatic carbocycles. The fourth-order valence-electron chi connectivity index (χ4n) is 0.318. The molecular weight excluding hydrogens is 110 g/mol. The van der Waals surface area contributed by atoms with E-state index in [9.17, 15) is 0 Å². The van der Waals surface area contributed by atoms with E-state index < -0.39 is 0 Å². The fourth-order valence-corrected chi connectivity index (χ4v) is 0.876. The van der Waals surface area contributed by atoms with Gasteiger partial charge in [0.05, 0.1) is 5.55 Å². The van der Waals surface area contributed by atoms with Crippen molar-refractivity contribution in [3.8, 4) is 0 Å². The molecule has 40 valence electrons. The van der Waals surface area contributed by atoms with E-state index in [0.29, 0.717) is 0 Å². The van der Waals surface area contributed by atoms with Gasteiger partial charge in [-0.15, -0.1) is 0 Å². The highest BCUT2D eigenvalue weighted by Crippen LogP contribution is 2.11. The summed E-state index contributed by atoms with van der Waals surface area (Å²) in [6.07, 6.45) is 0. The first-order valence-corrected chi connectivity index (χ1v) is 2.91. The van der Waals surface area contributed by atoms with Crippen LogP contribution in [-0.2, 0) is 0 Å². The smallest absolute Gasteiger partial charge is 0.146 e. The van der Waals surface area contributed by atoms with Gasteiger partial charge in [-0.25, -0.2) is 0 Å². The predicted octanol–water partition coefficient (Wildman–Crippen LogP) is -0.149. The molecule has 1 unspecified atom stereocenters. The van der Waals surface area contributed by atoms with Crippen molar-refractivity contribution >= 4 is 17.3 Å². The first kappa shape index (κ1) is 4.93. The average molecular weight is 117 g/mol. The largest absolute Gasteiger partial charge is 0.301 e. The van der Waals surface area contributed by atoms with Gasteiger partial charge >= 0.3 is 0 Å². The van der Waals surface area contributed by atoms with Gasteiger partial charge in [-0.05, 0) is 0 Å². The van der Waals surface area contributed by atoms with Crippen LogP contribution in [0.5, 0.6) is 0 Å². The minimum Gasteiger partial charge on any atom is -0.301 e. The number of nitrogens with zero attached hydrogens (tertiary/aromatic N) is 2. The minimum absolute atomic E-state index is 0.0417. The molecule has 1 heterocycles. The third kappa shape index (κ3) is 0.863. The Morgan fingerprint density at radius 2 is 2.71 bits per heavy atom. The van der Waals surface area contributed by atoms with Crippen molar-refractivity contribution in [3.63, 3.8) is 0 Å². The molecule has 0 saturated heterocycles. The van der Waals surface area contributed by atoms with Gasteiger partial charge < -0.3 is 5.73 Å². The molecule has 1 rings (SSSR count). The van der Waals surface area contributed by atoms with Crippen LogP contribution >= 0.6 is 11.8 Å². The maximum absolute atomic E-state index is 5.44. The fraction of sp³-hybridized carbons (Fsp3) is 0.667. The molecule has 0 spiro atoms. The molecule has 0 aromatic rings. The van der Waals surface area contributed by atoms with Crippen LogP contribution in [0.15, 0.2) is 5.10 Å². The van der Waals surface area contributed by atoms with E-state index in [0.717, 1.165) is 0 Å². The standard InChI is InChI=1S/C3H7N3S/c1-6-3(4)7-2-5-6/h2-3H,4H2,1H3. The van der Waals surface area contributed by atoms with Crippen molar-refractivity contribution in [1.29, 1.82) is 0 Å². The summed E-state index contributed by atoms with van der Waals surface area (Å²) in [7, 11) is 1.85. The van der Waals surface area contributed by atoms with Crippen LogP contribution in [-0.4, -0.2) is 23.1 Å². The lowest BCUT2D eigenvalue weighted by Gasteiger charge is -2.10. The van der Waals surface area contributed by atoms with Crippen molar-refractivity contribution in [2.24, 2.45) is 10.8 Å². The Labute approximate surface area is 46.6 Å². The van der Waals surface area contributed by atoms with E-state index in [2.05, 4.69) is 5.10 Å². The zero-order valence-electron chi connectivity index (χ0n) is 4.03. The molecule has 4 heteroatoms. The van der Waals surface area contributed by atoms with Crippen LogP contribution in [0.2, 0.25) is 0 Å². The zero-order chi connectivity index (χ0) is 5.28. The number of hydrazone groups is 1. The van der Waals surface area contributed by atoms with Crippen molar-refractivity contribution in [2.75, 3.05) is 7.05 Å². The summed E-state index contributed by atoms with van der Waals surface area (Å²) in [5.74, 6) is 0. The van der Waals surface area contributed by atoms with E-state index >= 15 is 0 Å². The summed E-state index contributed by atoms with van der Waals surface area (Å²) in [6.45, 7) is 0. The summed E-state index contributed by atoms with van der Waals surface area (Å²) in [4.78, 5) is 0. The molecule has 1 atom stereocenters. The lowest BCUT2D eigenvalue weighted by molar-refractivity contribution is 0.348. The quantitative estimate of drug-likeness (QED) is 0.480. The third-order valence-corrected chi connectivity index (χ3v) is 1.60. The summed E-state index contributed by atoms with van der Waals surface area (Å²) < 4.78 is 0. The second-order valence-corrected chi connectivity index (χ2v) is 2.29. The van der Waals surface area contributed by atoms with E-state index in [-0.39, 0.29) is 5.50 Å². The van der Waals surface area contributed by atoms with Crippen molar-refractivity contribution in [3.05, 3.63) is 0 Å².